The normalized spacial score (nSPS) is 18.5. The van der Waals surface area contributed by atoms with E-state index in [2.05, 4.69) is 20.3 Å². The van der Waals surface area contributed by atoms with Crippen LogP contribution in [0.5, 0.6) is 0 Å². The van der Waals surface area contributed by atoms with Gasteiger partial charge in [0.2, 0.25) is 0 Å². The number of imidazole rings is 1. The molecule has 22 heavy (non-hydrogen) atoms. The lowest BCUT2D eigenvalue weighted by molar-refractivity contribution is 0.114. The molecule has 0 aliphatic carbocycles. The highest BCUT2D eigenvalue weighted by atomic mass is 16.5. The van der Waals surface area contributed by atoms with Crippen LogP contribution in [0, 0.1) is 0 Å². The topological polar surface area (TPSA) is 90.4 Å². The summed E-state index contributed by atoms with van der Waals surface area (Å²) < 4.78 is 7.40. The zero-order chi connectivity index (χ0) is 15.2. The van der Waals surface area contributed by atoms with Gasteiger partial charge < -0.3 is 15.8 Å². The quantitative estimate of drug-likeness (QED) is 0.631. The number of nitrogens with zero attached hydrogens (tertiary/aromatic N) is 4. The smallest absolute Gasteiger partial charge is 0.189 e. The fourth-order valence-electron chi connectivity index (χ4n) is 2.42. The number of aromatic nitrogens is 3. The molecule has 0 saturated carbocycles. The Morgan fingerprint density at radius 3 is 3.23 bits per heavy atom. The lowest BCUT2D eigenvalue weighted by atomic mass is 10.2. The third-order valence-electron chi connectivity index (χ3n) is 3.57. The molecule has 1 aliphatic heterocycles. The van der Waals surface area contributed by atoms with Gasteiger partial charge in [-0.15, -0.1) is 0 Å². The van der Waals surface area contributed by atoms with Crippen molar-refractivity contribution in [2.24, 2.45) is 10.7 Å². The Labute approximate surface area is 129 Å². The molecule has 1 saturated heterocycles. The molecular formula is C15H20N6O. The number of rotatable bonds is 5. The van der Waals surface area contributed by atoms with Crippen LogP contribution in [-0.2, 0) is 11.3 Å². The van der Waals surface area contributed by atoms with Crippen molar-refractivity contribution in [1.29, 1.82) is 0 Å². The van der Waals surface area contributed by atoms with E-state index in [0.717, 1.165) is 30.8 Å². The first-order valence-corrected chi connectivity index (χ1v) is 7.40. The second-order valence-corrected chi connectivity index (χ2v) is 5.17. The van der Waals surface area contributed by atoms with E-state index in [4.69, 9.17) is 10.5 Å². The summed E-state index contributed by atoms with van der Waals surface area (Å²) >= 11 is 0. The Morgan fingerprint density at radius 1 is 1.50 bits per heavy atom. The molecule has 0 aromatic carbocycles. The van der Waals surface area contributed by atoms with Crippen molar-refractivity contribution in [2.45, 2.75) is 25.5 Å². The molecule has 7 heteroatoms. The standard InChI is InChI=1S/C15H20N6O/c16-15(20-10-13-4-2-8-22-13)19-9-12-3-1-5-18-14(12)21-7-6-17-11-21/h1,3,5-7,11,13H,2,4,8-10H2,(H3,16,19,20). The predicted molar refractivity (Wildman–Crippen MR) is 83.7 cm³/mol. The third-order valence-corrected chi connectivity index (χ3v) is 3.57. The molecule has 3 rings (SSSR count). The maximum absolute atomic E-state index is 5.91. The largest absolute Gasteiger partial charge is 0.376 e. The van der Waals surface area contributed by atoms with Gasteiger partial charge in [-0.05, 0) is 18.9 Å². The summed E-state index contributed by atoms with van der Waals surface area (Å²) in [7, 11) is 0. The Balaban J connectivity index is 1.62. The molecule has 0 amide bonds. The van der Waals surface area contributed by atoms with Gasteiger partial charge in [0.1, 0.15) is 12.1 Å². The molecular weight excluding hydrogens is 280 g/mol. The second-order valence-electron chi connectivity index (χ2n) is 5.17. The Bertz CT molecular complexity index is 619. The number of nitrogens with two attached hydrogens (primary N) is 1. The minimum atomic E-state index is 0.244. The van der Waals surface area contributed by atoms with E-state index in [1.807, 2.05) is 22.9 Å². The van der Waals surface area contributed by atoms with Crippen molar-refractivity contribution in [1.82, 2.24) is 19.9 Å². The average Bonchev–Trinajstić information content (AvgIpc) is 3.24. The van der Waals surface area contributed by atoms with E-state index in [-0.39, 0.29) is 6.10 Å². The molecule has 3 N–H and O–H groups in total. The van der Waals surface area contributed by atoms with Crippen LogP contribution in [0.2, 0.25) is 0 Å². The number of aliphatic imine (C=N–C) groups is 1. The van der Waals surface area contributed by atoms with Gasteiger partial charge in [0.15, 0.2) is 5.96 Å². The van der Waals surface area contributed by atoms with Crippen LogP contribution in [0.4, 0.5) is 0 Å². The second kappa shape index (κ2) is 7.04. The van der Waals surface area contributed by atoms with Gasteiger partial charge in [0.05, 0.1) is 12.6 Å². The zero-order valence-electron chi connectivity index (χ0n) is 12.4. The molecule has 2 aromatic rings. The van der Waals surface area contributed by atoms with E-state index in [9.17, 15) is 0 Å². The van der Waals surface area contributed by atoms with Gasteiger partial charge in [-0.3, -0.25) is 4.57 Å². The molecule has 1 unspecified atom stereocenters. The summed E-state index contributed by atoms with van der Waals surface area (Å²) in [6.45, 7) is 2.01. The molecule has 1 fully saturated rings. The highest BCUT2D eigenvalue weighted by Crippen LogP contribution is 2.12. The summed E-state index contributed by atoms with van der Waals surface area (Å²) in [6.07, 6.45) is 9.49. The highest BCUT2D eigenvalue weighted by molar-refractivity contribution is 5.77. The van der Waals surface area contributed by atoms with Crippen LogP contribution in [-0.4, -0.2) is 39.8 Å². The fourth-order valence-corrected chi connectivity index (χ4v) is 2.42. The van der Waals surface area contributed by atoms with Crippen LogP contribution in [0.1, 0.15) is 18.4 Å². The van der Waals surface area contributed by atoms with Crippen molar-refractivity contribution in [2.75, 3.05) is 13.2 Å². The number of nitrogens with one attached hydrogen (secondary N) is 1. The maximum Gasteiger partial charge on any atom is 0.189 e. The van der Waals surface area contributed by atoms with Gasteiger partial charge in [0.25, 0.3) is 0 Å². The van der Waals surface area contributed by atoms with Crippen LogP contribution >= 0.6 is 0 Å². The number of hydrogen-bond donors (Lipinski definition) is 2. The molecule has 3 heterocycles. The van der Waals surface area contributed by atoms with E-state index in [0.29, 0.717) is 19.0 Å². The van der Waals surface area contributed by atoms with E-state index in [1.54, 1.807) is 18.7 Å². The first-order chi connectivity index (χ1) is 10.8. The Morgan fingerprint density at radius 2 is 2.45 bits per heavy atom. The van der Waals surface area contributed by atoms with Crippen LogP contribution in [0.15, 0.2) is 42.0 Å². The molecule has 0 spiro atoms. The number of pyridine rings is 1. The predicted octanol–water partition coefficient (Wildman–Crippen LogP) is 0.851. The first-order valence-electron chi connectivity index (χ1n) is 7.40. The Kier molecular flexibility index (Phi) is 4.65. The number of guanidine groups is 1. The van der Waals surface area contributed by atoms with Crippen LogP contribution in [0.25, 0.3) is 5.82 Å². The van der Waals surface area contributed by atoms with Gasteiger partial charge >= 0.3 is 0 Å². The number of ether oxygens (including phenoxy) is 1. The zero-order valence-corrected chi connectivity index (χ0v) is 12.4. The molecule has 116 valence electrons. The van der Waals surface area contributed by atoms with E-state index < -0.39 is 0 Å². The summed E-state index contributed by atoms with van der Waals surface area (Å²) in [5.41, 5.74) is 6.90. The van der Waals surface area contributed by atoms with Gasteiger partial charge in [-0.25, -0.2) is 15.0 Å². The van der Waals surface area contributed by atoms with Crippen LogP contribution in [0.3, 0.4) is 0 Å². The summed E-state index contributed by atoms with van der Waals surface area (Å²) in [5.74, 6) is 1.24. The molecule has 0 radical (unpaired) electrons. The minimum Gasteiger partial charge on any atom is -0.376 e. The molecule has 7 nitrogen and oxygen atoms in total. The van der Waals surface area contributed by atoms with Crippen molar-refractivity contribution in [3.05, 3.63) is 42.6 Å². The summed E-state index contributed by atoms with van der Waals surface area (Å²) in [4.78, 5) is 12.8. The van der Waals surface area contributed by atoms with Gasteiger partial charge in [0, 0.05) is 37.3 Å². The maximum atomic E-state index is 5.91. The first kappa shape index (κ1) is 14.5. The minimum absolute atomic E-state index is 0.244. The van der Waals surface area contributed by atoms with Gasteiger partial charge in [-0.1, -0.05) is 6.07 Å². The van der Waals surface area contributed by atoms with E-state index >= 15 is 0 Å². The summed E-state index contributed by atoms with van der Waals surface area (Å²) in [5, 5.41) is 3.11. The average molecular weight is 300 g/mol. The fraction of sp³-hybridized carbons (Fsp3) is 0.400. The highest BCUT2D eigenvalue weighted by Gasteiger charge is 2.15. The Hall–Kier alpha value is -2.41. The van der Waals surface area contributed by atoms with Crippen molar-refractivity contribution in [3.63, 3.8) is 0 Å². The van der Waals surface area contributed by atoms with Crippen molar-refractivity contribution >= 4 is 5.96 Å². The van der Waals surface area contributed by atoms with Crippen molar-refractivity contribution < 1.29 is 4.74 Å². The van der Waals surface area contributed by atoms with Crippen molar-refractivity contribution in [3.8, 4) is 5.82 Å². The summed E-state index contributed by atoms with van der Waals surface area (Å²) in [6, 6.07) is 3.88. The van der Waals surface area contributed by atoms with Crippen LogP contribution < -0.4 is 11.1 Å². The molecule has 1 atom stereocenters. The lowest BCUT2D eigenvalue weighted by Crippen LogP contribution is -2.37. The molecule has 1 aliphatic rings. The number of hydrogen-bond acceptors (Lipinski definition) is 4. The van der Waals surface area contributed by atoms with Gasteiger partial charge in [-0.2, -0.15) is 0 Å². The molecule has 2 aromatic heterocycles. The molecule has 0 bridgehead atoms. The lowest BCUT2D eigenvalue weighted by Gasteiger charge is -2.11. The van der Waals surface area contributed by atoms with E-state index in [1.165, 1.54) is 0 Å². The third kappa shape index (κ3) is 3.62. The monoisotopic (exact) mass is 300 g/mol. The SMILES string of the molecule is NC(=NCc1cccnc1-n1ccnc1)NCC1CCCO1.